The summed E-state index contributed by atoms with van der Waals surface area (Å²) in [6.07, 6.45) is 11.2. The lowest BCUT2D eigenvalue weighted by Gasteiger charge is -2.27. The van der Waals surface area contributed by atoms with Gasteiger partial charge in [-0.05, 0) is 68.2 Å². The van der Waals surface area contributed by atoms with Crippen molar-refractivity contribution in [3.8, 4) is 0 Å². The highest BCUT2D eigenvalue weighted by Crippen LogP contribution is 2.26. The van der Waals surface area contributed by atoms with Crippen LogP contribution in [0.3, 0.4) is 0 Å². The molecule has 0 aliphatic heterocycles. The van der Waals surface area contributed by atoms with Crippen molar-refractivity contribution in [3.05, 3.63) is 35.4 Å². The number of hydrogen-bond donors (Lipinski definition) is 1. The highest BCUT2D eigenvalue weighted by atomic mass is 14.9. The fraction of sp³-hybridized carbons (Fsp3) is 0.667. The molecule has 19 heavy (non-hydrogen) atoms. The van der Waals surface area contributed by atoms with E-state index >= 15 is 0 Å². The highest BCUT2D eigenvalue weighted by Gasteiger charge is 2.18. The maximum absolute atomic E-state index is 3.76. The van der Waals surface area contributed by atoms with E-state index in [-0.39, 0.29) is 0 Å². The number of rotatable bonds is 4. The van der Waals surface area contributed by atoms with Gasteiger partial charge in [-0.2, -0.15) is 0 Å². The van der Waals surface area contributed by atoms with Crippen LogP contribution < -0.4 is 5.32 Å². The molecular formula is C18H27N. The van der Waals surface area contributed by atoms with Crippen LogP contribution in [0.25, 0.3) is 0 Å². The van der Waals surface area contributed by atoms with Crippen molar-refractivity contribution in [2.24, 2.45) is 11.8 Å². The van der Waals surface area contributed by atoms with Crippen molar-refractivity contribution in [2.75, 3.05) is 13.1 Å². The topological polar surface area (TPSA) is 12.0 Å². The van der Waals surface area contributed by atoms with Gasteiger partial charge in [0.25, 0.3) is 0 Å². The average Bonchev–Trinajstić information content (AvgIpc) is 2.48. The van der Waals surface area contributed by atoms with Crippen molar-refractivity contribution < 1.29 is 0 Å². The van der Waals surface area contributed by atoms with Crippen molar-refractivity contribution in [2.45, 2.75) is 51.4 Å². The smallest absolute Gasteiger partial charge is 0.00171 e. The summed E-state index contributed by atoms with van der Waals surface area (Å²) in [4.78, 5) is 0. The number of benzene rings is 1. The molecule has 0 saturated heterocycles. The van der Waals surface area contributed by atoms with E-state index in [1.165, 1.54) is 64.5 Å². The Morgan fingerprint density at radius 3 is 2.42 bits per heavy atom. The maximum atomic E-state index is 3.76. The molecule has 104 valence electrons. The van der Waals surface area contributed by atoms with Gasteiger partial charge in [0, 0.05) is 0 Å². The molecule has 0 heterocycles. The minimum absolute atomic E-state index is 0.860. The van der Waals surface area contributed by atoms with Gasteiger partial charge in [-0.15, -0.1) is 0 Å². The zero-order valence-corrected chi connectivity index (χ0v) is 12.0. The third-order valence-corrected chi connectivity index (χ3v) is 5.04. The Morgan fingerprint density at radius 1 is 0.842 bits per heavy atom. The monoisotopic (exact) mass is 257 g/mol. The molecule has 0 bridgehead atoms. The molecule has 1 aromatic carbocycles. The molecule has 1 saturated carbocycles. The number of fused-ring (bicyclic) bond motifs is 1. The van der Waals surface area contributed by atoms with Gasteiger partial charge in [0.2, 0.25) is 0 Å². The summed E-state index contributed by atoms with van der Waals surface area (Å²) in [6, 6.07) is 9.00. The molecule has 0 spiro atoms. The van der Waals surface area contributed by atoms with Crippen LogP contribution in [0.5, 0.6) is 0 Å². The second-order valence-corrected chi connectivity index (χ2v) is 6.54. The molecule has 0 amide bonds. The van der Waals surface area contributed by atoms with Crippen molar-refractivity contribution >= 4 is 0 Å². The minimum Gasteiger partial charge on any atom is -0.316 e. The first-order chi connectivity index (χ1) is 9.42. The fourth-order valence-electron chi connectivity index (χ4n) is 3.83. The Kier molecular flexibility index (Phi) is 4.55. The van der Waals surface area contributed by atoms with Crippen LogP contribution in [-0.4, -0.2) is 13.1 Å². The van der Waals surface area contributed by atoms with Crippen LogP contribution in [0, 0.1) is 11.8 Å². The Hall–Kier alpha value is -0.820. The van der Waals surface area contributed by atoms with E-state index < -0.39 is 0 Å². The highest BCUT2D eigenvalue weighted by molar-refractivity contribution is 5.29. The number of nitrogens with one attached hydrogen (secondary N) is 1. The van der Waals surface area contributed by atoms with Crippen molar-refractivity contribution in [3.63, 3.8) is 0 Å². The van der Waals surface area contributed by atoms with Gasteiger partial charge in [0.05, 0.1) is 0 Å². The molecule has 0 radical (unpaired) electrons. The third-order valence-electron chi connectivity index (χ3n) is 5.04. The molecule has 1 aromatic rings. The van der Waals surface area contributed by atoms with Gasteiger partial charge >= 0.3 is 0 Å². The summed E-state index contributed by atoms with van der Waals surface area (Å²) in [5.74, 6) is 1.82. The lowest BCUT2D eigenvalue weighted by molar-refractivity contribution is 0.326. The van der Waals surface area contributed by atoms with E-state index in [0.717, 1.165) is 11.8 Å². The van der Waals surface area contributed by atoms with E-state index in [1.807, 2.05) is 0 Å². The second-order valence-electron chi connectivity index (χ2n) is 6.54. The molecule has 0 aromatic heterocycles. The quantitative estimate of drug-likeness (QED) is 0.861. The van der Waals surface area contributed by atoms with Crippen LogP contribution in [0.4, 0.5) is 0 Å². The average molecular weight is 257 g/mol. The Balaban J connectivity index is 1.42. The molecule has 1 unspecified atom stereocenters. The number of hydrogen-bond acceptors (Lipinski definition) is 1. The zero-order valence-electron chi connectivity index (χ0n) is 12.0. The van der Waals surface area contributed by atoms with Gasteiger partial charge in [-0.3, -0.25) is 0 Å². The molecule has 1 heteroatoms. The first-order valence-corrected chi connectivity index (χ1v) is 8.19. The maximum Gasteiger partial charge on any atom is -0.00171 e. The van der Waals surface area contributed by atoms with E-state index in [0.29, 0.717) is 0 Å². The SMILES string of the molecule is c1ccc2c(c1)CCC(CNCC1CCCCC1)C2. The Bertz CT molecular complexity index is 392. The largest absolute Gasteiger partial charge is 0.316 e. The summed E-state index contributed by atoms with van der Waals surface area (Å²) in [7, 11) is 0. The van der Waals surface area contributed by atoms with Crippen molar-refractivity contribution in [1.29, 1.82) is 0 Å². The van der Waals surface area contributed by atoms with Crippen LogP contribution in [-0.2, 0) is 12.8 Å². The van der Waals surface area contributed by atoms with E-state index in [4.69, 9.17) is 0 Å². The molecule has 1 fully saturated rings. The lowest BCUT2D eigenvalue weighted by Crippen LogP contribution is -2.31. The van der Waals surface area contributed by atoms with Crippen LogP contribution in [0.2, 0.25) is 0 Å². The first-order valence-electron chi connectivity index (χ1n) is 8.19. The first kappa shape index (κ1) is 13.2. The van der Waals surface area contributed by atoms with E-state index in [1.54, 1.807) is 11.1 Å². The summed E-state index contributed by atoms with van der Waals surface area (Å²) in [6.45, 7) is 2.49. The number of aryl methyl sites for hydroxylation is 1. The molecule has 1 nitrogen and oxygen atoms in total. The third kappa shape index (κ3) is 3.60. The molecule has 3 rings (SSSR count). The van der Waals surface area contributed by atoms with Crippen molar-refractivity contribution in [1.82, 2.24) is 5.32 Å². The van der Waals surface area contributed by atoms with Gasteiger partial charge < -0.3 is 5.32 Å². The minimum atomic E-state index is 0.860. The standard InChI is InChI=1S/C18H27N/c1-2-6-15(7-3-1)13-19-14-16-10-11-17-8-4-5-9-18(17)12-16/h4-5,8-9,15-16,19H,1-3,6-7,10-14H2. The second kappa shape index (κ2) is 6.56. The van der Waals surface area contributed by atoms with Crippen LogP contribution >= 0.6 is 0 Å². The molecular weight excluding hydrogens is 230 g/mol. The van der Waals surface area contributed by atoms with Gasteiger partial charge in [0.15, 0.2) is 0 Å². The van der Waals surface area contributed by atoms with Gasteiger partial charge in [-0.1, -0.05) is 43.5 Å². The predicted octanol–water partition coefficient (Wildman–Crippen LogP) is 3.96. The van der Waals surface area contributed by atoms with E-state index in [9.17, 15) is 0 Å². The Labute approximate surface area is 117 Å². The molecule has 1 atom stereocenters. The summed E-state index contributed by atoms with van der Waals surface area (Å²) >= 11 is 0. The summed E-state index contributed by atoms with van der Waals surface area (Å²) in [5, 5.41) is 3.76. The zero-order chi connectivity index (χ0) is 12.9. The summed E-state index contributed by atoms with van der Waals surface area (Å²) in [5.41, 5.74) is 3.18. The van der Waals surface area contributed by atoms with Gasteiger partial charge in [0.1, 0.15) is 0 Å². The van der Waals surface area contributed by atoms with E-state index in [2.05, 4.69) is 29.6 Å². The normalized spacial score (nSPS) is 24.1. The molecule has 2 aliphatic carbocycles. The fourth-order valence-corrected chi connectivity index (χ4v) is 3.83. The lowest BCUT2D eigenvalue weighted by atomic mass is 9.83. The summed E-state index contributed by atoms with van der Waals surface area (Å²) < 4.78 is 0. The van der Waals surface area contributed by atoms with Crippen LogP contribution in [0.1, 0.15) is 49.7 Å². The Morgan fingerprint density at radius 2 is 1.58 bits per heavy atom. The molecule has 2 aliphatic rings. The predicted molar refractivity (Wildman–Crippen MR) is 81.4 cm³/mol. The van der Waals surface area contributed by atoms with Gasteiger partial charge in [-0.25, -0.2) is 0 Å². The van der Waals surface area contributed by atoms with Crippen LogP contribution in [0.15, 0.2) is 24.3 Å². The molecule has 1 N–H and O–H groups in total.